The monoisotopic (exact) mass is 277 g/mol. The number of hydrogen-bond donors (Lipinski definition) is 1. The number of carbonyl (C=O) groups excluding carboxylic acids is 1. The molecule has 0 unspecified atom stereocenters. The Morgan fingerprint density at radius 1 is 1.50 bits per heavy atom. The molecule has 20 heavy (non-hydrogen) atoms. The van der Waals surface area contributed by atoms with Crippen molar-refractivity contribution in [2.45, 2.75) is 32.2 Å². The van der Waals surface area contributed by atoms with Gasteiger partial charge in [0.15, 0.2) is 0 Å². The minimum absolute atomic E-state index is 0.0559. The van der Waals surface area contributed by atoms with Gasteiger partial charge in [-0.3, -0.25) is 14.9 Å². The van der Waals surface area contributed by atoms with Crippen LogP contribution in [0.5, 0.6) is 0 Å². The van der Waals surface area contributed by atoms with Gasteiger partial charge in [0.1, 0.15) is 0 Å². The zero-order valence-electron chi connectivity index (χ0n) is 11.8. The van der Waals surface area contributed by atoms with Gasteiger partial charge in [-0.15, -0.1) is 0 Å². The average Bonchev–Trinajstić information content (AvgIpc) is 3.27. The third-order valence-electron chi connectivity index (χ3n) is 3.43. The molecule has 108 valence electrons. The van der Waals surface area contributed by atoms with Gasteiger partial charge in [-0.05, 0) is 25.3 Å². The van der Waals surface area contributed by atoms with E-state index >= 15 is 0 Å². The molecule has 0 atom stereocenters. The van der Waals surface area contributed by atoms with Gasteiger partial charge >= 0.3 is 0 Å². The number of rotatable bonds is 6. The molecule has 1 amide bonds. The Morgan fingerprint density at radius 3 is 2.70 bits per heavy atom. The molecule has 0 saturated heterocycles. The highest BCUT2D eigenvalue weighted by molar-refractivity contribution is 6.00. The van der Waals surface area contributed by atoms with Crippen LogP contribution in [-0.2, 0) is 0 Å². The number of nitro benzene ring substituents is 1. The lowest BCUT2D eigenvalue weighted by atomic mass is 10.1. The molecule has 6 nitrogen and oxygen atoms in total. The fraction of sp³-hybridized carbons (Fsp3) is 0.500. The number of non-ortho nitro benzene ring substituents is 1. The van der Waals surface area contributed by atoms with Gasteiger partial charge in [0.2, 0.25) is 0 Å². The Labute approximate surface area is 117 Å². The fourth-order valence-corrected chi connectivity index (χ4v) is 2.27. The summed E-state index contributed by atoms with van der Waals surface area (Å²) in [6.45, 7) is 2.71. The molecular weight excluding hydrogens is 258 g/mol. The Kier molecular flexibility index (Phi) is 4.22. The number of benzene rings is 1. The van der Waals surface area contributed by atoms with Crippen molar-refractivity contribution in [1.82, 2.24) is 4.90 Å². The van der Waals surface area contributed by atoms with Crippen LogP contribution in [0.25, 0.3) is 0 Å². The summed E-state index contributed by atoms with van der Waals surface area (Å²) in [6, 6.07) is 4.65. The summed E-state index contributed by atoms with van der Waals surface area (Å²) in [5.41, 5.74) is 0.948. The van der Waals surface area contributed by atoms with Crippen molar-refractivity contribution in [1.29, 1.82) is 0 Å². The second kappa shape index (κ2) is 5.90. The molecule has 0 aliphatic heterocycles. The predicted octanol–water partition coefficient (Wildman–Crippen LogP) is 2.65. The van der Waals surface area contributed by atoms with Gasteiger partial charge < -0.3 is 10.2 Å². The lowest BCUT2D eigenvalue weighted by Gasteiger charge is -2.23. The largest absolute Gasteiger partial charge is 0.387 e. The average molecular weight is 277 g/mol. The highest BCUT2D eigenvalue weighted by atomic mass is 16.6. The minimum Gasteiger partial charge on any atom is -0.387 e. The van der Waals surface area contributed by atoms with Crippen molar-refractivity contribution in [3.8, 4) is 0 Å². The van der Waals surface area contributed by atoms with Gasteiger partial charge in [-0.25, -0.2) is 0 Å². The molecule has 1 aromatic carbocycles. The van der Waals surface area contributed by atoms with Crippen LogP contribution in [-0.4, -0.2) is 35.4 Å². The van der Waals surface area contributed by atoms with Gasteiger partial charge in [0, 0.05) is 37.5 Å². The first-order valence-electron chi connectivity index (χ1n) is 6.85. The van der Waals surface area contributed by atoms with Crippen LogP contribution in [0.1, 0.15) is 36.5 Å². The maximum absolute atomic E-state index is 12.6. The van der Waals surface area contributed by atoms with Gasteiger partial charge in [-0.2, -0.15) is 0 Å². The molecular formula is C14H19N3O3. The summed E-state index contributed by atoms with van der Waals surface area (Å²) in [5, 5.41) is 13.8. The third-order valence-corrected chi connectivity index (χ3v) is 3.43. The van der Waals surface area contributed by atoms with Crippen LogP contribution in [0.4, 0.5) is 11.4 Å². The zero-order valence-corrected chi connectivity index (χ0v) is 11.8. The van der Waals surface area contributed by atoms with E-state index in [1.54, 1.807) is 13.1 Å². The van der Waals surface area contributed by atoms with Crippen molar-refractivity contribution in [3.05, 3.63) is 33.9 Å². The molecule has 1 saturated carbocycles. The number of anilines is 1. The summed E-state index contributed by atoms with van der Waals surface area (Å²) < 4.78 is 0. The third kappa shape index (κ3) is 2.89. The Morgan fingerprint density at radius 2 is 2.20 bits per heavy atom. The van der Waals surface area contributed by atoms with Crippen LogP contribution in [0, 0.1) is 10.1 Å². The molecule has 0 spiro atoms. The number of nitrogens with zero attached hydrogens (tertiary/aromatic N) is 2. The molecule has 0 radical (unpaired) electrons. The number of carbonyl (C=O) groups is 1. The van der Waals surface area contributed by atoms with E-state index in [1.165, 1.54) is 12.1 Å². The summed E-state index contributed by atoms with van der Waals surface area (Å²) in [7, 11) is 1.71. The normalized spacial score (nSPS) is 13.9. The zero-order chi connectivity index (χ0) is 14.7. The highest BCUT2D eigenvalue weighted by Crippen LogP contribution is 2.31. The lowest BCUT2D eigenvalue weighted by Crippen LogP contribution is -2.34. The number of nitrogens with one attached hydrogen (secondary N) is 1. The first-order chi connectivity index (χ1) is 9.58. The summed E-state index contributed by atoms with van der Waals surface area (Å²) in [4.78, 5) is 24.9. The van der Waals surface area contributed by atoms with Crippen LogP contribution in [0.2, 0.25) is 0 Å². The number of nitro groups is 1. The van der Waals surface area contributed by atoms with Crippen LogP contribution < -0.4 is 5.32 Å². The van der Waals surface area contributed by atoms with E-state index in [1.807, 2.05) is 11.8 Å². The van der Waals surface area contributed by atoms with E-state index in [0.717, 1.165) is 19.3 Å². The van der Waals surface area contributed by atoms with Crippen LogP contribution >= 0.6 is 0 Å². The maximum atomic E-state index is 12.6. The second-order valence-corrected chi connectivity index (χ2v) is 4.97. The maximum Gasteiger partial charge on any atom is 0.270 e. The minimum atomic E-state index is -0.475. The first-order valence-corrected chi connectivity index (χ1v) is 6.85. The molecule has 1 aliphatic rings. The van der Waals surface area contributed by atoms with Crippen molar-refractivity contribution in [2.24, 2.45) is 0 Å². The van der Waals surface area contributed by atoms with Crippen molar-refractivity contribution in [3.63, 3.8) is 0 Å². The number of amides is 1. The first kappa shape index (κ1) is 14.3. The van der Waals surface area contributed by atoms with Crippen LogP contribution in [0.15, 0.2) is 18.2 Å². The standard InChI is InChI=1S/C14H19N3O3/c1-3-8-16(10-4-5-10)14(18)12-9-11(17(19)20)6-7-13(12)15-2/h6-7,9-10,15H,3-5,8H2,1-2H3. The molecule has 6 heteroatoms. The second-order valence-electron chi connectivity index (χ2n) is 4.97. The van der Waals surface area contributed by atoms with Crippen LogP contribution in [0.3, 0.4) is 0 Å². The summed E-state index contributed by atoms with van der Waals surface area (Å²) >= 11 is 0. The molecule has 1 aliphatic carbocycles. The molecule has 0 bridgehead atoms. The number of hydrogen-bond acceptors (Lipinski definition) is 4. The topological polar surface area (TPSA) is 75.5 Å². The molecule has 1 fully saturated rings. The van der Waals surface area contributed by atoms with E-state index in [4.69, 9.17) is 0 Å². The summed E-state index contributed by atoms with van der Waals surface area (Å²) in [6.07, 6.45) is 2.93. The Hall–Kier alpha value is -2.11. The van der Waals surface area contributed by atoms with E-state index < -0.39 is 4.92 Å². The van der Waals surface area contributed by atoms with Gasteiger partial charge in [-0.1, -0.05) is 6.92 Å². The van der Waals surface area contributed by atoms with E-state index in [0.29, 0.717) is 23.8 Å². The molecule has 1 N–H and O–H groups in total. The molecule has 0 heterocycles. The van der Waals surface area contributed by atoms with Gasteiger partial charge in [0.05, 0.1) is 10.5 Å². The summed E-state index contributed by atoms with van der Waals surface area (Å²) in [5.74, 6) is -0.123. The van der Waals surface area contributed by atoms with Crippen molar-refractivity contribution < 1.29 is 9.72 Å². The van der Waals surface area contributed by atoms with E-state index in [-0.39, 0.29) is 11.6 Å². The van der Waals surface area contributed by atoms with E-state index in [2.05, 4.69) is 5.32 Å². The fourth-order valence-electron chi connectivity index (χ4n) is 2.27. The lowest BCUT2D eigenvalue weighted by molar-refractivity contribution is -0.384. The molecule has 1 aromatic rings. The molecule has 0 aromatic heterocycles. The Balaban J connectivity index is 2.35. The predicted molar refractivity (Wildman–Crippen MR) is 77.0 cm³/mol. The van der Waals surface area contributed by atoms with E-state index in [9.17, 15) is 14.9 Å². The quantitative estimate of drug-likeness (QED) is 0.640. The SMILES string of the molecule is CCCN(C(=O)c1cc([N+](=O)[O-])ccc1NC)C1CC1. The van der Waals surface area contributed by atoms with Crippen molar-refractivity contribution >= 4 is 17.3 Å². The Bertz CT molecular complexity index is 526. The van der Waals surface area contributed by atoms with Crippen molar-refractivity contribution in [2.75, 3.05) is 18.9 Å². The molecule has 2 rings (SSSR count). The smallest absolute Gasteiger partial charge is 0.270 e. The highest BCUT2D eigenvalue weighted by Gasteiger charge is 2.33. The van der Waals surface area contributed by atoms with Gasteiger partial charge in [0.25, 0.3) is 11.6 Å².